The summed E-state index contributed by atoms with van der Waals surface area (Å²) in [5.41, 5.74) is 0. The Labute approximate surface area is 120 Å². The van der Waals surface area contributed by atoms with Crippen LogP contribution in [0.4, 0.5) is 5.82 Å². The molecule has 2 atom stereocenters. The lowest BCUT2D eigenvalue weighted by Gasteiger charge is -2.36. The Balaban J connectivity index is 1.91. The van der Waals surface area contributed by atoms with Crippen molar-refractivity contribution in [1.82, 2.24) is 15.5 Å². The van der Waals surface area contributed by atoms with E-state index in [9.17, 15) is 0 Å². The van der Waals surface area contributed by atoms with Crippen LogP contribution in [0.25, 0.3) is 10.8 Å². The maximum Gasteiger partial charge on any atom is 0.159 e. The Bertz CT molecular complexity index is 578. The first-order valence-corrected chi connectivity index (χ1v) is 7.42. The van der Waals surface area contributed by atoms with Crippen LogP contribution in [0.3, 0.4) is 0 Å². The fourth-order valence-corrected chi connectivity index (χ4v) is 3.09. The molecule has 0 aliphatic carbocycles. The average Bonchev–Trinajstić information content (AvgIpc) is 2.53. The van der Waals surface area contributed by atoms with Gasteiger partial charge in [-0.15, -0.1) is 5.10 Å². The van der Waals surface area contributed by atoms with Gasteiger partial charge in [-0.1, -0.05) is 24.3 Å². The van der Waals surface area contributed by atoms with Crippen LogP contribution in [-0.2, 0) is 0 Å². The van der Waals surface area contributed by atoms with Crippen molar-refractivity contribution in [3.8, 4) is 0 Å². The van der Waals surface area contributed by atoms with Gasteiger partial charge < -0.3 is 10.2 Å². The zero-order valence-electron chi connectivity index (χ0n) is 12.2. The normalized spacial score (nSPS) is 21.1. The van der Waals surface area contributed by atoms with E-state index in [0.29, 0.717) is 12.0 Å². The fraction of sp³-hybridized carbons (Fsp3) is 0.500. The molecule has 1 fully saturated rings. The Morgan fingerprint density at radius 3 is 3.05 bits per heavy atom. The molecule has 106 valence electrons. The van der Waals surface area contributed by atoms with Crippen molar-refractivity contribution in [2.45, 2.75) is 25.8 Å². The fourth-order valence-electron chi connectivity index (χ4n) is 3.09. The summed E-state index contributed by atoms with van der Waals surface area (Å²) in [5.74, 6) is 1.71. The van der Waals surface area contributed by atoms with Crippen LogP contribution in [-0.4, -0.2) is 36.4 Å². The summed E-state index contributed by atoms with van der Waals surface area (Å²) in [4.78, 5) is 2.40. The minimum Gasteiger partial charge on any atom is -0.354 e. The quantitative estimate of drug-likeness (QED) is 0.930. The molecular weight excluding hydrogens is 248 g/mol. The molecule has 0 spiro atoms. The standard InChI is InChI=1S/C16H22N4/c1-12(17-2)14-7-5-9-20(11-14)16-15-8-4-3-6-13(15)10-18-19-16/h3-4,6,8,10,12,14,17H,5,7,9,11H2,1-2H3. The highest BCUT2D eigenvalue weighted by Gasteiger charge is 2.25. The van der Waals surface area contributed by atoms with Gasteiger partial charge in [0.2, 0.25) is 0 Å². The van der Waals surface area contributed by atoms with Gasteiger partial charge in [0.25, 0.3) is 0 Å². The number of aromatic nitrogens is 2. The number of hydrogen-bond donors (Lipinski definition) is 1. The summed E-state index contributed by atoms with van der Waals surface area (Å²) in [5, 5.41) is 14.3. The van der Waals surface area contributed by atoms with Crippen molar-refractivity contribution >= 4 is 16.6 Å². The molecule has 1 aromatic heterocycles. The average molecular weight is 270 g/mol. The van der Waals surface area contributed by atoms with E-state index < -0.39 is 0 Å². The number of piperidine rings is 1. The lowest BCUT2D eigenvalue weighted by atomic mass is 9.91. The molecule has 4 heteroatoms. The minimum atomic E-state index is 0.542. The second kappa shape index (κ2) is 5.75. The van der Waals surface area contributed by atoms with Gasteiger partial charge in [-0.3, -0.25) is 0 Å². The van der Waals surface area contributed by atoms with Crippen molar-refractivity contribution in [2.75, 3.05) is 25.0 Å². The molecule has 20 heavy (non-hydrogen) atoms. The molecule has 1 aliphatic rings. The maximum atomic E-state index is 4.41. The summed E-state index contributed by atoms with van der Waals surface area (Å²) in [7, 11) is 2.04. The Morgan fingerprint density at radius 2 is 2.20 bits per heavy atom. The summed E-state index contributed by atoms with van der Waals surface area (Å²) < 4.78 is 0. The van der Waals surface area contributed by atoms with Gasteiger partial charge in [0.05, 0.1) is 6.20 Å². The van der Waals surface area contributed by atoms with Crippen molar-refractivity contribution in [3.63, 3.8) is 0 Å². The second-order valence-electron chi connectivity index (χ2n) is 5.68. The van der Waals surface area contributed by atoms with Crippen molar-refractivity contribution in [2.24, 2.45) is 5.92 Å². The summed E-state index contributed by atoms with van der Waals surface area (Å²) in [6, 6.07) is 8.91. The van der Waals surface area contributed by atoms with E-state index in [4.69, 9.17) is 0 Å². The van der Waals surface area contributed by atoms with E-state index >= 15 is 0 Å². The molecule has 1 saturated heterocycles. The summed E-state index contributed by atoms with van der Waals surface area (Å²) in [6.45, 7) is 4.41. The molecule has 0 amide bonds. The van der Waals surface area contributed by atoms with Crippen molar-refractivity contribution < 1.29 is 0 Å². The zero-order valence-corrected chi connectivity index (χ0v) is 12.2. The SMILES string of the molecule is CNC(C)C1CCCN(c2nncc3ccccc23)C1. The molecule has 0 radical (unpaired) electrons. The van der Waals surface area contributed by atoms with Crippen LogP contribution in [0.15, 0.2) is 30.5 Å². The van der Waals surface area contributed by atoms with Crippen LogP contribution in [0.2, 0.25) is 0 Å². The number of nitrogens with one attached hydrogen (secondary N) is 1. The van der Waals surface area contributed by atoms with E-state index in [2.05, 4.69) is 51.6 Å². The number of nitrogens with zero attached hydrogens (tertiary/aromatic N) is 3. The lowest BCUT2D eigenvalue weighted by molar-refractivity contribution is 0.332. The second-order valence-corrected chi connectivity index (χ2v) is 5.68. The highest BCUT2D eigenvalue weighted by molar-refractivity contribution is 5.91. The van der Waals surface area contributed by atoms with Crippen LogP contribution in [0.1, 0.15) is 19.8 Å². The monoisotopic (exact) mass is 270 g/mol. The molecule has 2 heterocycles. The van der Waals surface area contributed by atoms with Gasteiger partial charge in [-0.05, 0) is 32.7 Å². The maximum absolute atomic E-state index is 4.41. The van der Waals surface area contributed by atoms with Crippen LogP contribution in [0.5, 0.6) is 0 Å². The molecule has 1 aromatic carbocycles. The Morgan fingerprint density at radius 1 is 1.35 bits per heavy atom. The van der Waals surface area contributed by atoms with Gasteiger partial charge in [0.1, 0.15) is 0 Å². The first-order valence-electron chi connectivity index (χ1n) is 7.42. The van der Waals surface area contributed by atoms with Crippen LogP contribution < -0.4 is 10.2 Å². The first-order chi connectivity index (χ1) is 9.79. The van der Waals surface area contributed by atoms with Gasteiger partial charge >= 0.3 is 0 Å². The van der Waals surface area contributed by atoms with Gasteiger partial charge in [-0.2, -0.15) is 5.10 Å². The predicted molar refractivity (Wildman–Crippen MR) is 83.0 cm³/mol. The van der Waals surface area contributed by atoms with Crippen molar-refractivity contribution in [3.05, 3.63) is 30.5 Å². The highest BCUT2D eigenvalue weighted by Crippen LogP contribution is 2.28. The number of benzene rings is 1. The van der Waals surface area contributed by atoms with E-state index in [-0.39, 0.29) is 0 Å². The number of fused-ring (bicyclic) bond motifs is 1. The predicted octanol–water partition coefficient (Wildman–Crippen LogP) is 2.45. The third kappa shape index (κ3) is 2.48. The molecule has 4 nitrogen and oxygen atoms in total. The van der Waals surface area contributed by atoms with Gasteiger partial charge in [0.15, 0.2) is 5.82 Å². The third-order valence-electron chi connectivity index (χ3n) is 4.47. The molecule has 1 aliphatic heterocycles. The Hall–Kier alpha value is -1.68. The summed E-state index contributed by atoms with van der Waals surface area (Å²) >= 11 is 0. The van der Waals surface area contributed by atoms with E-state index in [1.165, 1.54) is 23.6 Å². The molecule has 1 N–H and O–H groups in total. The molecule has 0 bridgehead atoms. The molecule has 2 unspecified atom stereocenters. The van der Waals surface area contributed by atoms with Gasteiger partial charge in [-0.25, -0.2) is 0 Å². The summed E-state index contributed by atoms with van der Waals surface area (Å²) in [6.07, 6.45) is 4.36. The van der Waals surface area contributed by atoms with E-state index in [0.717, 1.165) is 18.9 Å². The topological polar surface area (TPSA) is 41.0 Å². The number of anilines is 1. The van der Waals surface area contributed by atoms with E-state index in [1.54, 1.807) is 0 Å². The lowest BCUT2D eigenvalue weighted by Crippen LogP contribution is -2.44. The molecule has 3 rings (SSSR count). The highest BCUT2D eigenvalue weighted by atomic mass is 15.3. The van der Waals surface area contributed by atoms with Crippen LogP contribution >= 0.6 is 0 Å². The van der Waals surface area contributed by atoms with Gasteiger partial charge in [0, 0.05) is 29.9 Å². The smallest absolute Gasteiger partial charge is 0.159 e. The molecular formula is C16H22N4. The minimum absolute atomic E-state index is 0.542. The number of rotatable bonds is 3. The van der Waals surface area contributed by atoms with E-state index in [1.807, 2.05) is 13.2 Å². The Kier molecular flexibility index (Phi) is 3.83. The molecule has 2 aromatic rings. The number of hydrogen-bond acceptors (Lipinski definition) is 4. The molecule has 0 saturated carbocycles. The first kappa shape index (κ1) is 13.3. The zero-order chi connectivity index (χ0) is 13.9. The van der Waals surface area contributed by atoms with Crippen LogP contribution in [0, 0.1) is 5.92 Å². The largest absolute Gasteiger partial charge is 0.354 e. The third-order valence-corrected chi connectivity index (χ3v) is 4.47. The van der Waals surface area contributed by atoms with Crippen molar-refractivity contribution in [1.29, 1.82) is 0 Å².